The van der Waals surface area contributed by atoms with Crippen molar-refractivity contribution in [3.8, 4) is 11.8 Å². The van der Waals surface area contributed by atoms with Gasteiger partial charge in [0.2, 0.25) is 5.91 Å². The van der Waals surface area contributed by atoms with Crippen LogP contribution in [0.25, 0.3) is 0 Å². The highest BCUT2D eigenvalue weighted by molar-refractivity contribution is 7.10. The maximum absolute atomic E-state index is 11.5. The van der Waals surface area contributed by atoms with E-state index in [1.807, 2.05) is 11.4 Å². The first-order chi connectivity index (χ1) is 7.81. The topological polar surface area (TPSA) is 55.1 Å². The van der Waals surface area contributed by atoms with E-state index in [1.54, 1.807) is 11.3 Å². The highest BCUT2D eigenvalue weighted by atomic mass is 32.1. The molecule has 1 aliphatic carbocycles. The van der Waals surface area contributed by atoms with Crippen LogP contribution >= 0.6 is 11.3 Å². The molecule has 0 radical (unpaired) electrons. The van der Waals surface area contributed by atoms with E-state index in [4.69, 9.17) is 5.73 Å². The summed E-state index contributed by atoms with van der Waals surface area (Å²) in [6.45, 7) is 0.950. The van der Waals surface area contributed by atoms with Crippen LogP contribution < -0.4 is 11.1 Å². The number of hydrogen-bond acceptors (Lipinski definition) is 3. The van der Waals surface area contributed by atoms with Gasteiger partial charge in [0.25, 0.3) is 0 Å². The van der Waals surface area contributed by atoms with E-state index in [9.17, 15) is 4.79 Å². The summed E-state index contributed by atoms with van der Waals surface area (Å²) in [6.07, 6.45) is 2.08. The van der Waals surface area contributed by atoms with E-state index in [2.05, 4.69) is 17.2 Å². The first kappa shape index (κ1) is 11.2. The summed E-state index contributed by atoms with van der Waals surface area (Å²) >= 11 is 1.62. The third-order valence-corrected chi connectivity index (χ3v) is 3.36. The second kappa shape index (κ2) is 5.15. The van der Waals surface area contributed by atoms with Crippen LogP contribution in [0.5, 0.6) is 0 Å². The Balaban J connectivity index is 1.92. The lowest BCUT2D eigenvalue weighted by Gasteiger charge is -2.02. The van der Waals surface area contributed by atoms with Gasteiger partial charge >= 0.3 is 0 Å². The average molecular weight is 234 g/mol. The van der Waals surface area contributed by atoms with Gasteiger partial charge in [-0.25, -0.2) is 0 Å². The highest BCUT2D eigenvalue weighted by Crippen LogP contribution is 2.29. The number of carbonyl (C=O) groups is 1. The van der Waals surface area contributed by atoms with Crippen molar-refractivity contribution >= 4 is 17.2 Å². The zero-order valence-corrected chi connectivity index (χ0v) is 9.77. The molecule has 3 N–H and O–H groups in total. The molecule has 0 spiro atoms. The van der Waals surface area contributed by atoms with E-state index < -0.39 is 0 Å². The molecule has 0 bridgehead atoms. The molecule has 1 fully saturated rings. The molecule has 16 heavy (non-hydrogen) atoms. The SMILES string of the molecule is NCC#Cc1ccsc1CNC(=O)C1CC1. The lowest BCUT2D eigenvalue weighted by atomic mass is 10.2. The van der Waals surface area contributed by atoms with Crippen molar-refractivity contribution in [2.24, 2.45) is 11.7 Å². The lowest BCUT2D eigenvalue weighted by molar-refractivity contribution is -0.122. The maximum Gasteiger partial charge on any atom is 0.223 e. The van der Waals surface area contributed by atoms with Crippen LogP contribution in [0.15, 0.2) is 11.4 Å². The summed E-state index contributed by atoms with van der Waals surface area (Å²) in [4.78, 5) is 12.6. The minimum atomic E-state index is 0.172. The Labute approximate surface area is 99.0 Å². The predicted octanol–water partition coefficient (Wildman–Crippen LogP) is 1.08. The Morgan fingerprint density at radius 3 is 3.12 bits per heavy atom. The fraction of sp³-hybridized carbons (Fsp3) is 0.417. The average Bonchev–Trinajstić information content (AvgIpc) is 3.04. The molecular formula is C12H14N2OS. The molecule has 0 unspecified atom stereocenters. The molecule has 1 amide bonds. The van der Waals surface area contributed by atoms with Crippen molar-refractivity contribution in [2.45, 2.75) is 19.4 Å². The van der Waals surface area contributed by atoms with Crippen LogP contribution in [-0.2, 0) is 11.3 Å². The molecular weight excluding hydrogens is 220 g/mol. The van der Waals surface area contributed by atoms with Crippen LogP contribution in [0.4, 0.5) is 0 Å². The van der Waals surface area contributed by atoms with Crippen LogP contribution in [0.3, 0.4) is 0 Å². The number of nitrogens with one attached hydrogen (secondary N) is 1. The molecule has 0 atom stereocenters. The van der Waals surface area contributed by atoms with Gasteiger partial charge in [-0.05, 0) is 24.3 Å². The molecule has 1 aromatic heterocycles. The third-order valence-electron chi connectivity index (χ3n) is 2.44. The van der Waals surface area contributed by atoms with Gasteiger partial charge < -0.3 is 11.1 Å². The summed E-state index contributed by atoms with van der Waals surface area (Å²) in [6, 6.07) is 1.96. The maximum atomic E-state index is 11.5. The monoisotopic (exact) mass is 234 g/mol. The van der Waals surface area contributed by atoms with Gasteiger partial charge in [-0.2, -0.15) is 0 Å². The summed E-state index contributed by atoms with van der Waals surface area (Å²) < 4.78 is 0. The van der Waals surface area contributed by atoms with E-state index in [0.717, 1.165) is 23.3 Å². The molecule has 1 aromatic rings. The minimum absolute atomic E-state index is 0.172. The summed E-state index contributed by atoms with van der Waals surface area (Å²) in [5.74, 6) is 6.27. The molecule has 0 saturated heterocycles. The van der Waals surface area contributed by atoms with Gasteiger partial charge in [-0.1, -0.05) is 11.8 Å². The highest BCUT2D eigenvalue weighted by Gasteiger charge is 2.29. The molecule has 2 rings (SSSR count). The molecule has 0 aromatic carbocycles. The molecule has 1 aliphatic rings. The lowest BCUT2D eigenvalue weighted by Crippen LogP contribution is -2.23. The first-order valence-electron chi connectivity index (χ1n) is 5.34. The van der Waals surface area contributed by atoms with E-state index >= 15 is 0 Å². The Bertz CT molecular complexity index is 437. The molecule has 4 heteroatoms. The quantitative estimate of drug-likeness (QED) is 0.769. The van der Waals surface area contributed by atoms with Crippen LogP contribution in [0, 0.1) is 17.8 Å². The van der Waals surface area contributed by atoms with Crippen molar-refractivity contribution in [1.82, 2.24) is 5.32 Å². The van der Waals surface area contributed by atoms with Crippen molar-refractivity contribution < 1.29 is 4.79 Å². The van der Waals surface area contributed by atoms with Crippen molar-refractivity contribution in [2.75, 3.05) is 6.54 Å². The van der Waals surface area contributed by atoms with Crippen LogP contribution in [-0.4, -0.2) is 12.5 Å². The van der Waals surface area contributed by atoms with Gasteiger partial charge in [0.15, 0.2) is 0 Å². The van der Waals surface area contributed by atoms with Crippen molar-refractivity contribution in [3.05, 3.63) is 21.9 Å². The Morgan fingerprint density at radius 1 is 1.62 bits per heavy atom. The van der Waals surface area contributed by atoms with Gasteiger partial charge in [0, 0.05) is 16.4 Å². The van der Waals surface area contributed by atoms with Gasteiger partial charge in [0.05, 0.1) is 13.1 Å². The third kappa shape index (κ3) is 2.84. The fourth-order valence-electron chi connectivity index (χ4n) is 1.39. The zero-order chi connectivity index (χ0) is 11.4. The van der Waals surface area contributed by atoms with Crippen LogP contribution in [0.1, 0.15) is 23.3 Å². The largest absolute Gasteiger partial charge is 0.351 e. The van der Waals surface area contributed by atoms with Gasteiger partial charge in [-0.15, -0.1) is 11.3 Å². The zero-order valence-electron chi connectivity index (χ0n) is 8.95. The molecule has 0 aliphatic heterocycles. The summed E-state index contributed by atoms with van der Waals surface area (Å²) in [7, 11) is 0. The molecule has 1 heterocycles. The number of carbonyl (C=O) groups excluding carboxylic acids is 1. The number of amides is 1. The Hall–Kier alpha value is -1.31. The van der Waals surface area contributed by atoms with E-state index in [1.165, 1.54) is 0 Å². The predicted molar refractivity (Wildman–Crippen MR) is 64.8 cm³/mol. The second-order valence-electron chi connectivity index (χ2n) is 3.76. The van der Waals surface area contributed by atoms with Crippen LogP contribution in [0.2, 0.25) is 0 Å². The molecule has 84 valence electrons. The van der Waals surface area contributed by atoms with Crippen molar-refractivity contribution in [1.29, 1.82) is 0 Å². The number of rotatable bonds is 3. The van der Waals surface area contributed by atoms with Gasteiger partial charge in [-0.3, -0.25) is 4.79 Å². The summed E-state index contributed by atoms with van der Waals surface area (Å²) in [5.41, 5.74) is 6.30. The Kier molecular flexibility index (Phi) is 3.60. The second-order valence-corrected chi connectivity index (χ2v) is 4.76. The van der Waals surface area contributed by atoms with Gasteiger partial charge in [0.1, 0.15) is 0 Å². The fourth-order valence-corrected chi connectivity index (χ4v) is 2.16. The molecule has 1 saturated carbocycles. The van der Waals surface area contributed by atoms with E-state index in [0.29, 0.717) is 13.1 Å². The van der Waals surface area contributed by atoms with Crippen molar-refractivity contribution in [3.63, 3.8) is 0 Å². The van der Waals surface area contributed by atoms with E-state index in [-0.39, 0.29) is 11.8 Å². The summed E-state index contributed by atoms with van der Waals surface area (Å²) in [5, 5.41) is 4.92. The molecule has 3 nitrogen and oxygen atoms in total. The smallest absolute Gasteiger partial charge is 0.223 e. The number of nitrogens with two attached hydrogens (primary N) is 1. The number of thiophene rings is 1. The first-order valence-corrected chi connectivity index (χ1v) is 6.22. The Morgan fingerprint density at radius 2 is 2.44 bits per heavy atom. The number of hydrogen-bond donors (Lipinski definition) is 2. The normalized spacial score (nSPS) is 14.1. The standard InChI is InChI=1S/C12H14N2OS/c13-6-1-2-9-5-7-16-11(9)8-14-12(15)10-3-4-10/h5,7,10H,3-4,6,8,13H2,(H,14,15). The minimum Gasteiger partial charge on any atom is -0.351 e.